The van der Waals surface area contributed by atoms with Gasteiger partial charge in [-0.2, -0.15) is 4.39 Å². The molecule has 0 spiro atoms. The number of nitro benzene ring substituents is 1. The highest BCUT2D eigenvalue weighted by atomic mass is 32.2. The first-order valence-corrected chi connectivity index (χ1v) is 6.73. The monoisotopic (exact) mass is 318 g/mol. The normalized spacial score (nSPS) is 17.8. The van der Waals surface area contributed by atoms with Crippen LogP contribution >= 0.6 is 11.8 Å². The molecular weight excluding hydrogens is 310 g/mol. The maximum atomic E-state index is 13.7. The highest BCUT2D eigenvalue weighted by Gasteiger charge is 2.36. The molecule has 7 nitrogen and oxygen atoms in total. The average molecular weight is 318 g/mol. The predicted octanol–water partition coefficient (Wildman–Crippen LogP) is 1.47. The second-order valence-corrected chi connectivity index (χ2v) is 5.17. The summed E-state index contributed by atoms with van der Waals surface area (Å²) in [5, 5.41) is 19.4. The van der Waals surface area contributed by atoms with Gasteiger partial charge in [0.05, 0.1) is 22.4 Å². The van der Waals surface area contributed by atoms with E-state index in [1.54, 1.807) is 0 Å². The van der Waals surface area contributed by atoms with Gasteiger partial charge in [-0.25, -0.2) is 9.18 Å². The lowest BCUT2D eigenvalue weighted by molar-refractivity contribution is -0.387. The Balaban J connectivity index is 2.38. The highest BCUT2D eigenvalue weighted by molar-refractivity contribution is 7.99. The lowest BCUT2D eigenvalue weighted by atomic mass is 10.1. The number of thioether (sulfide) groups is 1. The minimum atomic E-state index is -1.36. The van der Waals surface area contributed by atoms with Gasteiger partial charge in [-0.15, -0.1) is 11.8 Å². The Morgan fingerprint density at radius 2 is 2.05 bits per heavy atom. The summed E-state index contributed by atoms with van der Waals surface area (Å²) >= 11 is 1.16. The number of nitro groups is 1. The van der Waals surface area contributed by atoms with E-state index in [1.165, 1.54) is 0 Å². The van der Waals surface area contributed by atoms with E-state index >= 15 is 0 Å². The van der Waals surface area contributed by atoms with Gasteiger partial charge in [0.15, 0.2) is 0 Å². The number of halogens is 2. The summed E-state index contributed by atoms with van der Waals surface area (Å²) in [4.78, 5) is 33.3. The van der Waals surface area contributed by atoms with Gasteiger partial charge in [-0.05, 0) is 6.07 Å². The van der Waals surface area contributed by atoms with Gasteiger partial charge in [0.25, 0.3) is 5.91 Å². The van der Waals surface area contributed by atoms with Crippen LogP contribution in [0.2, 0.25) is 0 Å². The van der Waals surface area contributed by atoms with Crippen LogP contribution in [0.1, 0.15) is 10.4 Å². The Morgan fingerprint density at radius 3 is 2.62 bits per heavy atom. The number of amides is 1. The molecule has 1 N–H and O–H groups in total. The van der Waals surface area contributed by atoms with Crippen molar-refractivity contribution < 1.29 is 28.4 Å². The van der Waals surface area contributed by atoms with Crippen LogP contribution in [0, 0.1) is 21.7 Å². The number of aliphatic carboxylic acids is 1. The van der Waals surface area contributed by atoms with E-state index in [9.17, 15) is 28.5 Å². The van der Waals surface area contributed by atoms with Crippen molar-refractivity contribution >= 4 is 29.3 Å². The third-order valence-corrected chi connectivity index (χ3v) is 3.90. The fourth-order valence-electron chi connectivity index (χ4n) is 1.84. The molecule has 0 aromatic heterocycles. The summed E-state index contributed by atoms with van der Waals surface area (Å²) in [6.45, 7) is 0. The van der Waals surface area contributed by atoms with Crippen LogP contribution in [-0.4, -0.2) is 44.5 Å². The number of carbonyl (C=O) groups is 2. The van der Waals surface area contributed by atoms with Crippen molar-refractivity contribution in [3.05, 3.63) is 39.4 Å². The summed E-state index contributed by atoms with van der Waals surface area (Å²) in [7, 11) is 0. The minimum absolute atomic E-state index is 0.0217. The number of hydrogen-bond donors (Lipinski definition) is 1. The Bertz CT molecular complexity index is 639. The van der Waals surface area contributed by atoms with Crippen molar-refractivity contribution in [3.8, 4) is 0 Å². The number of carbonyl (C=O) groups excluding carboxylic acids is 1. The van der Waals surface area contributed by atoms with Crippen molar-refractivity contribution in [3.63, 3.8) is 0 Å². The summed E-state index contributed by atoms with van der Waals surface area (Å²) in [6.07, 6.45) is 0. The molecule has 1 aliphatic rings. The van der Waals surface area contributed by atoms with Crippen molar-refractivity contribution in [1.29, 1.82) is 0 Å². The number of nitrogens with zero attached hydrogens (tertiary/aromatic N) is 2. The zero-order valence-electron chi connectivity index (χ0n) is 10.3. The number of rotatable bonds is 3. The summed E-state index contributed by atoms with van der Waals surface area (Å²) in [5.41, 5.74) is -1.82. The molecule has 1 fully saturated rings. The maximum Gasteiger partial charge on any atom is 0.327 e. The van der Waals surface area contributed by atoms with Gasteiger partial charge in [0.2, 0.25) is 5.82 Å². The Hall–Kier alpha value is -2.23. The van der Waals surface area contributed by atoms with Crippen molar-refractivity contribution in [2.45, 2.75) is 6.04 Å². The Kier molecular flexibility index (Phi) is 4.07. The van der Waals surface area contributed by atoms with Crippen LogP contribution in [0.5, 0.6) is 0 Å². The van der Waals surface area contributed by atoms with E-state index in [4.69, 9.17) is 5.11 Å². The van der Waals surface area contributed by atoms with Crippen LogP contribution in [0.15, 0.2) is 12.1 Å². The molecule has 1 aliphatic heterocycles. The molecule has 10 heteroatoms. The van der Waals surface area contributed by atoms with E-state index in [0.717, 1.165) is 16.7 Å². The van der Waals surface area contributed by atoms with Gasteiger partial charge >= 0.3 is 11.7 Å². The number of carboxylic acid groups (broad SMARTS) is 1. The van der Waals surface area contributed by atoms with Crippen molar-refractivity contribution in [2.75, 3.05) is 11.6 Å². The first-order valence-electron chi connectivity index (χ1n) is 5.58. The van der Waals surface area contributed by atoms with Crippen LogP contribution in [0.4, 0.5) is 14.5 Å². The first-order chi connectivity index (χ1) is 9.82. The number of carboxylic acids is 1. The second-order valence-electron chi connectivity index (χ2n) is 4.17. The van der Waals surface area contributed by atoms with Gasteiger partial charge in [-0.1, -0.05) is 0 Å². The van der Waals surface area contributed by atoms with Crippen LogP contribution in [0.3, 0.4) is 0 Å². The summed E-state index contributed by atoms with van der Waals surface area (Å²) in [5.74, 6) is -4.74. The lowest BCUT2D eigenvalue weighted by Gasteiger charge is -2.20. The Morgan fingerprint density at radius 1 is 1.38 bits per heavy atom. The number of hydrogen-bond acceptors (Lipinski definition) is 5. The zero-order chi connectivity index (χ0) is 15.7. The standard InChI is InChI=1S/C11H8F2N2O5S/c12-6-2-8(15(19)20)7(13)1-5(6)10(16)14-4-21-3-9(14)11(17)18/h1-2,9H,3-4H2,(H,17,18)/t9-/m0/s1. The van der Waals surface area contributed by atoms with Crippen LogP contribution in [0.25, 0.3) is 0 Å². The predicted molar refractivity (Wildman–Crippen MR) is 67.9 cm³/mol. The van der Waals surface area contributed by atoms with E-state index in [1.807, 2.05) is 0 Å². The quantitative estimate of drug-likeness (QED) is 0.669. The van der Waals surface area contributed by atoms with Gasteiger partial charge in [0, 0.05) is 5.75 Å². The molecule has 0 aliphatic carbocycles. The SMILES string of the molecule is O=C(O)[C@@H]1CSCN1C(=O)c1cc(F)c([N+](=O)[O-])cc1F. The third kappa shape index (κ3) is 2.79. The van der Waals surface area contributed by atoms with E-state index < -0.39 is 45.7 Å². The summed E-state index contributed by atoms with van der Waals surface area (Å²) < 4.78 is 27.2. The van der Waals surface area contributed by atoms with Crippen molar-refractivity contribution in [1.82, 2.24) is 4.90 Å². The molecule has 0 saturated carbocycles. The zero-order valence-corrected chi connectivity index (χ0v) is 11.1. The van der Waals surface area contributed by atoms with Gasteiger partial charge in [0.1, 0.15) is 11.9 Å². The molecule has 1 atom stereocenters. The Labute approximate surface area is 120 Å². The van der Waals surface area contributed by atoms with E-state index in [2.05, 4.69) is 0 Å². The fraction of sp³-hybridized carbons (Fsp3) is 0.273. The van der Waals surface area contributed by atoms with E-state index in [-0.39, 0.29) is 11.6 Å². The molecular formula is C11H8F2N2O5S. The molecule has 1 aromatic carbocycles. The van der Waals surface area contributed by atoms with Gasteiger partial charge in [-0.3, -0.25) is 14.9 Å². The molecule has 1 amide bonds. The molecule has 1 heterocycles. The molecule has 112 valence electrons. The molecule has 0 radical (unpaired) electrons. The summed E-state index contributed by atoms with van der Waals surface area (Å²) in [6, 6.07) is -0.417. The molecule has 0 bridgehead atoms. The first kappa shape index (κ1) is 15.2. The second kappa shape index (κ2) is 5.64. The molecule has 21 heavy (non-hydrogen) atoms. The minimum Gasteiger partial charge on any atom is -0.480 e. The smallest absolute Gasteiger partial charge is 0.327 e. The topological polar surface area (TPSA) is 101 Å². The fourth-order valence-corrected chi connectivity index (χ4v) is 2.99. The lowest BCUT2D eigenvalue weighted by Crippen LogP contribution is -2.42. The largest absolute Gasteiger partial charge is 0.480 e. The van der Waals surface area contributed by atoms with Crippen LogP contribution in [-0.2, 0) is 4.79 Å². The highest BCUT2D eigenvalue weighted by Crippen LogP contribution is 2.27. The van der Waals surface area contributed by atoms with Gasteiger partial charge < -0.3 is 10.0 Å². The van der Waals surface area contributed by atoms with Crippen molar-refractivity contribution in [2.24, 2.45) is 0 Å². The van der Waals surface area contributed by atoms with Crippen LogP contribution < -0.4 is 0 Å². The molecule has 0 unspecified atom stereocenters. The molecule has 2 rings (SSSR count). The number of benzene rings is 1. The third-order valence-electron chi connectivity index (χ3n) is 2.89. The molecule has 1 saturated heterocycles. The van der Waals surface area contributed by atoms with E-state index in [0.29, 0.717) is 12.1 Å². The maximum absolute atomic E-state index is 13.7. The molecule has 1 aromatic rings. The average Bonchev–Trinajstić information content (AvgIpc) is 2.89.